The van der Waals surface area contributed by atoms with E-state index in [2.05, 4.69) is 82.0 Å². The first-order valence-corrected chi connectivity index (χ1v) is 18.8. The van der Waals surface area contributed by atoms with Crippen molar-refractivity contribution >= 4 is 39.2 Å². The van der Waals surface area contributed by atoms with Gasteiger partial charge >= 0.3 is 0 Å². The number of aryl methyl sites for hydroxylation is 4. The Morgan fingerprint density at radius 3 is 2.26 bits per heavy atom. The number of nitrogens with one attached hydrogen (secondary N) is 1. The van der Waals surface area contributed by atoms with Crippen LogP contribution in [0, 0.1) is 12.3 Å². The van der Waals surface area contributed by atoms with Crippen LogP contribution in [-0.2, 0) is 25.9 Å². The number of fused-ring (bicyclic) bond motifs is 2. The molecule has 0 bridgehead atoms. The molecular formula is C44H50N8O. The number of rotatable bonds is 14. The average Bonchev–Trinajstić information content (AvgIpc) is 3.53. The fourth-order valence-electron chi connectivity index (χ4n) is 7.59. The van der Waals surface area contributed by atoms with Gasteiger partial charge in [0.1, 0.15) is 11.7 Å². The lowest BCUT2D eigenvalue weighted by Gasteiger charge is -2.36. The van der Waals surface area contributed by atoms with Crippen molar-refractivity contribution in [1.29, 1.82) is 5.41 Å². The maximum Gasteiger partial charge on any atom is 0.254 e. The van der Waals surface area contributed by atoms with E-state index in [4.69, 9.17) is 21.9 Å². The van der Waals surface area contributed by atoms with E-state index in [9.17, 15) is 4.79 Å². The van der Waals surface area contributed by atoms with Crippen LogP contribution in [-0.4, -0.2) is 76.9 Å². The topological polar surface area (TPSA) is 120 Å². The van der Waals surface area contributed by atoms with Crippen LogP contribution in [0.15, 0.2) is 109 Å². The van der Waals surface area contributed by atoms with Gasteiger partial charge < -0.3 is 25.8 Å². The molecule has 272 valence electrons. The Kier molecular flexibility index (Phi) is 11.1. The lowest BCUT2D eigenvalue weighted by molar-refractivity contribution is 0.0748. The molecule has 5 aromatic carbocycles. The van der Waals surface area contributed by atoms with Crippen molar-refractivity contribution < 1.29 is 4.79 Å². The van der Waals surface area contributed by atoms with Gasteiger partial charge in [0.2, 0.25) is 0 Å². The molecule has 0 radical (unpaired) electrons. The summed E-state index contributed by atoms with van der Waals surface area (Å²) in [6.45, 7) is 9.56. The highest BCUT2D eigenvalue weighted by Gasteiger charge is 2.21. The van der Waals surface area contributed by atoms with Crippen molar-refractivity contribution in [3.05, 3.63) is 143 Å². The molecule has 0 unspecified atom stereocenters. The maximum atomic E-state index is 14.0. The Balaban J connectivity index is 1.08. The monoisotopic (exact) mass is 706 g/mol. The highest BCUT2D eigenvalue weighted by molar-refractivity contribution is 5.97. The summed E-state index contributed by atoms with van der Waals surface area (Å²) in [5.74, 6) is 1.04. The number of aromatic nitrogens is 2. The Morgan fingerprint density at radius 2 is 1.51 bits per heavy atom. The molecule has 1 aliphatic heterocycles. The molecule has 1 amide bonds. The zero-order valence-corrected chi connectivity index (χ0v) is 30.7. The van der Waals surface area contributed by atoms with Gasteiger partial charge in [-0.25, -0.2) is 4.98 Å². The predicted molar refractivity (Wildman–Crippen MR) is 217 cm³/mol. The van der Waals surface area contributed by atoms with Crippen molar-refractivity contribution in [3.8, 4) is 0 Å². The number of piperazine rings is 1. The van der Waals surface area contributed by atoms with E-state index >= 15 is 0 Å². The Hall–Kier alpha value is -5.51. The first-order chi connectivity index (χ1) is 25.9. The van der Waals surface area contributed by atoms with Gasteiger partial charge in [-0.1, -0.05) is 78.9 Å². The minimum absolute atomic E-state index is 0.0444. The van der Waals surface area contributed by atoms with Gasteiger partial charge in [0, 0.05) is 75.6 Å². The van der Waals surface area contributed by atoms with Crippen LogP contribution in [0.5, 0.6) is 0 Å². The summed E-state index contributed by atoms with van der Waals surface area (Å²) in [7, 11) is 0. The second kappa shape index (κ2) is 16.4. The Morgan fingerprint density at radius 1 is 0.792 bits per heavy atom. The van der Waals surface area contributed by atoms with E-state index in [0.717, 1.165) is 91.9 Å². The number of imidazole rings is 1. The second-order valence-corrected chi connectivity index (χ2v) is 14.2. The summed E-state index contributed by atoms with van der Waals surface area (Å²) in [4.78, 5) is 26.1. The normalized spacial score (nSPS) is 13.5. The standard InChI is InChI=1S/C44H50N8O/c1-32-7-2-5-10-40(32)50-27-25-49(26-28-50)22-6-23-52-41-19-18-38(30-39(41)48-42(52)20-14-33-11-16-36(17-12-33)43(46)47)44(53)51(24-21-45)31-34-13-15-35-8-3-4-9-37(35)29-34/h2-5,7-13,15-19,29-30H,6,14,20-28,31,45H2,1H3,(H3,46,47). The summed E-state index contributed by atoms with van der Waals surface area (Å²) in [6.07, 6.45) is 2.57. The van der Waals surface area contributed by atoms with Crippen LogP contribution in [0.1, 0.15) is 44.9 Å². The molecule has 0 saturated carbocycles. The first-order valence-electron chi connectivity index (χ1n) is 18.8. The van der Waals surface area contributed by atoms with E-state index in [0.29, 0.717) is 25.2 Å². The minimum atomic E-state index is -0.0444. The molecule has 1 aliphatic rings. The third kappa shape index (κ3) is 8.43. The van der Waals surface area contributed by atoms with Crippen LogP contribution in [0.25, 0.3) is 21.8 Å². The van der Waals surface area contributed by atoms with Gasteiger partial charge in [0.25, 0.3) is 5.91 Å². The lowest BCUT2D eigenvalue weighted by atomic mass is 10.1. The third-order valence-corrected chi connectivity index (χ3v) is 10.5. The number of para-hydroxylation sites is 1. The van der Waals surface area contributed by atoms with E-state index in [1.807, 2.05) is 53.4 Å². The predicted octanol–water partition coefficient (Wildman–Crippen LogP) is 6.38. The number of amides is 1. The largest absolute Gasteiger partial charge is 0.384 e. The number of nitrogens with two attached hydrogens (primary N) is 2. The van der Waals surface area contributed by atoms with Crippen LogP contribution in [0.2, 0.25) is 0 Å². The number of carbonyl (C=O) groups excluding carboxylic acids is 1. The van der Waals surface area contributed by atoms with Gasteiger partial charge in [-0.15, -0.1) is 0 Å². The third-order valence-electron chi connectivity index (χ3n) is 10.5. The van der Waals surface area contributed by atoms with E-state index < -0.39 is 0 Å². The highest BCUT2D eigenvalue weighted by atomic mass is 16.2. The SMILES string of the molecule is Cc1ccccc1N1CCN(CCCn2c(CCc3ccc(C(=N)N)cc3)nc3cc(C(=O)N(CCN)Cc4ccc5ccccc5c4)ccc32)CC1. The maximum absolute atomic E-state index is 14.0. The summed E-state index contributed by atoms with van der Waals surface area (Å²) < 4.78 is 2.35. The number of hydrogen-bond donors (Lipinski definition) is 3. The molecular weight excluding hydrogens is 657 g/mol. The number of nitrogen functional groups attached to an aromatic ring is 1. The number of anilines is 1. The van der Waals surface area contributed by atoms with E-state index in [1.54, 1.807) is 0 Å². The average molecular weight is 707 g/mol. The molecule has 53 heavy (non-hydrogen) atoms. The van der Waals surface area contributed by atoms with Crippen molar-refractivity contribution in [2.24, 2.45) is 11.5 Å². The molecule has 5 N–H and O–H groups in total. The molecule has 0 aliphatic carbocycles. The quantitative estimate of drug-likeness (QED) is 0.0894. The smallest absolute Gasteiger partial charge is 0.254 e. The van der Waals surface area contributed by atoms with Gasteiger partial charge in [-0.05, 0) is 84.1 Å². The molecule has 6 aromatic rings. The molecule has 0 spiro atoms. The molecule has 0 atom stereocenters. The van der Waals surface area contributed by atoms with Gasteiger partial charge in [-0.2, -0.15) is 0 Å². The molecule has 1 aromatic heterocycles. The Bertz CT molecular complexity index is 2200. The zero-order valence-electron chi connectivity index (χ0n) is 30.7. The molecule has 7 rings (SSSR count). The van der Waals surface area contributed by atoms with Crippen molar-refractivity contribution in [2.45, 2.75) is 39.3 Å². The number of nitrogens with zero attached hydrogens (tertiary/aromatic N) is 5. The van der Waals surface area contributed by atoms with Crippen LogP contribution in [0.4, 0.5) is 5.69 Å². The van der Waals surface area contributed by atoms with Crippen LogP contribution >= 0.6 is 0 Å². The van der Waals surface area contributed by atoms with Crippen molar-refractivity contribution in [2.75, 3.05) is 50.7 Å². The van der Waals surface area contributed by atoms with Gasteiger partial charge in [-0.3, -0.25) is 15.1 Å². The molecule has 9 nitrogen and oxygen atoms in total. The number of carbonyl (C=O) groups is 1. The van der Waals surface area contributed by atoms with Crippen LogP contribution in [0.3, 0.4) is 0 Å². The summed E-state index contributed by atoms with van der Waals surface area (Å²) in [5.41, 5.74) is 19.9. The summed E-state index contributed by atoms with van der Waals surface area (Å²) in [6, 6.07) is 37.1. The Labute approximate surface area is 312 Å². The number of hydrogen-bond acceptors (Lipinski definition) is 6. The fourth-order valence-corrected chi connectivity index (χ4v) is 7.59. The molecule has 9 heteroatoms. The van der Waals surface area contributed by atoms with Gasteiger partial charge in [0.15, 0.2) is 0 Å². The van der Waals surface area contributed by atoms with Gasteiger partial charge in [0.05, 0.1) is 11.0 Å². The second-order valence-electron chi connectivity index (χ2n) is 14.2. The number of benzene rings is 5. The lowest BCUT2D eigenvalue weighted by Crippen LogP contribution is -2.47. The minimum Gasteiger partial charge on any atom is -0.384 e. The van der Waals surface area contributed by atoms with Crippen molar-refractivity contribution in [3.63, 3.8) is 0 Å². The first kappa shape index (κ1) is 35.9. The highest BCUT2D eigenvalue weighted by Crippen LogP contribution is 2.24. The fraction of sp³-hybridized carbons (Fsp3) is 0.295. The summed E-state index contributed by atoms with van der Waals surface area (Å²) in [5, 5.41) is 10.1. The van der Waals surface area contributed by atoms with Crippen molar-refractivity contribution in [1.82, 2.24) is 19.4 Å². The van der Waals surface area contributed by atoms with Crippen LogP contribution < -0.4 is 16.4 Å². The number of amidine groups is 1. The molecule has 2 heterocycles. The van der Waals surface area contributed by atoms with E-state index in [-0.39, 0.29) is 11.7 Å². The molecule has 1 saturated heterocycles. The summed E-state index contributed by atoms with van der Waals surface area (Å²) >= 11 is 0. The molecule has 1 fully saturated rings. The zero-order chi connectivity index (χ0) is 36.7. The van der Waals surface area contributed by atoms with E-state index in [1.165, 1.54) is 22.2 Å².